The first kappa shape index (κ1) is 10.4. The second kappa shape index (κ2) is 4.50. The van der Waals surface area contributed by atoms with Gasteiger partial charge in [0, 0.05) is 11.9 Å². The summed E-state index contributed by atoms with van der Waals surface area (Å²) < 4.78 is 0. The minimum absolute atomic E-state index is 0.0432. The molecule has 0 aromatic carbocycles. The van der Waals surface area contributed by atoms with E-state index in [1.54, 1.807) is 13.0 Å². The molecule has 0 aliphatic carbocycles. The highest BCUT2D eigenvalue weighted by Gasteiger charge is 2.19. The lowest BCUT2D eigenvalue weighted by atomic mass is 10.2. The van der Waals surface area contributed by atoms with Crippen LogP contribution in [-0.4, -0.2) is 32.2 Å². The molecule has 1 heterocycles. The van der Waals surface area contributed by atoms with E-state index >= 15 is 0 Å². The van der Waals surface area contributed by atoms with Crippen LogP contribution in [0.25, 0.3) is 0 Å². The van der Waals surface area contributed by atoms with Gasteiger partial charge in [0.2, 0.25) is 0 Å². The molecule has 0 saturated carbocycles. The van der Waals surface area contributed by atoms with Crippen LogP contribution in [0, 0.1) is 6.92 Å². The van der Waals surface area contributed by atoms with Gasteiger partial charge < -0.3 is 10.2 Å². The van der Waals surface area contributed by atoms with Gasteiger partial charge in [0.1, 0.15) is 12.2 Å². The number of rotatable bonds is 3. The average Bonchev–Trinajstić information content (AvgIpc) is 2.15. The van der Waals surface area contributed by atoms with Crippen molar-refractivity contribution in [3.63, 3.8) is 0 Å². The second-order valence-electron chi connectivity index (χ2n) is 2.72. The zero-order chi connectivity index (χ0) is 9.84. The van der Waals surface area contributed by atoms with E-state index in [2.05, 4.69) is 9.97 Å². The van der Waals surface area contributed by atoms with Crippen molar-refractivity contribution in [1.29, 1.82) is 0 Å². The monoisotopic (exact) mass is 202 g/mol. The van der Waals surface area contributed by atoms with Crippen molar-refractivity contribution < 1.29 is 10.2 Å². The summed E-state index contributed by atoms with van der Waals surface area (Å²) in [5.74, 6) is 0.159. The summed E-state index contributed by atoms with van der Waals surface area (Å²) in [5, 5.41) is 18.7. The maximum Gasteiger partial charge on any atom is 0.159 e. The first-order chi connectivity index (χ1) is 6.15. The topological polar surface area (TPSA) is 66.2 Å². The van der Waals surface area contributed by atoms with E-state index < -0.39 is 12.2 Å². The van der Waals surface area contributed by atoms with Crippen LogP contribution in [0.2, 0.25) is 0 Å². The molecule has 0 spiro atoms. The third-order valence-electron chi connectivity index (χ3n) is 1.60. The normalized spacial score (nSPS) is 15.4. The Morgan fingerprint density at radius 3 is 2.77 bits per heavy atom. The first-order valence-corrected chi connectivity index (χ1v) is 4.40. The highest BCUT2D eigenvalue weighted by atomic mass is 35.5. The molecule has 0 saturated heterocycles. The van der Waals surface area contributed by atoms with Gasteiger partial charge in [-0.15, -0.1) is 11.6 Å². The molecule has 5 heteroatoms. The standard InChI is InChI=1S/C8H11ClN2O2/c1-5-2-3-10-8(11-5)7(13)6(12)4-9/h2-3,6-7,12-13H,4H2,1H3. The average molecular weight is 203 g/mol. The second-order valence-corrected chi connectivity index (χ2v) is 3.03. The van der Waals surface area contributed by atoms with E-state index in [0.29, 0.717) is 0 Å². The molecule has 0 bridgehead atoms. The van der Waals surface area contributed by atoms with Crippen molar-refractivity contribution in [2.45, 2.75) is 19.1 Å². The molecule has 1 aromatic rings. The molecule has 13 heavy (non-hydrogen) atoms. The van der Waals surface area contributed by atoms with Crippen LogP contribution in [0.1, 0.15) is 17.6 Å². The highest BCUT2D eigenvalue weighted by Crippen LogP contribution is 2.13. The summed E-state index contributed by atoms with van der Waals surface area (Å²) >= 11 is 5.37. The molecule has 72 valence electrons. The molecule has 0 amide bonds. The molecule has 1 aromatic heterocycles. The van der Waals surface area contributed by atoms with Crippen LogP contribution in [0.4, 0.5) is 0 Å². The summed E-state index contributed by atoms with van der Waals surface area (Å²) in [6, 6.07) is 1.71. The summed E-state index contributed by atoms with van der Waals surface area (Å²) in [5.41, 5.74) is 0.742. The van der Waals surface area contributed by atoms with Gasteiger partial charge in [-0.1, -0.05) is 0 Å². The van der Waals surface area contributed by atoms with Crippen LogP contribution in [-0.2, 0) is 0 Å². The molecular weight excluding hydrogens is 192 g/mol. The zero-order valence-corrected chi connectivity index (χ0v) is 7.94. The molecule has 0 aliphatic heterocycles. The fraction of sp³-hybridized carbons (Fsp3) is 0.500. The van der Waals surface area contributed by atoms with Gasteiger partial charge in [0.15, 0.2) is 5.82 Å². The smallest absolute Gasteiger partial charge is 0.159 e. The van der Waals surface area contributed by atoms with Crippen molar-refractivity contribution >= 4 is 11.6 Å². The lowest BCUT2D eigenvalue weighted by molar-refractivity contribution is 0.0269. The van der Waals surface area contributed by atoms with Gasteiger partial charge in [-0.05, 0) is 13.0 Å². The number of hydrogen-bond donors (Lipinski definition) is 2. The molecule has 0 fully saturated rings. The van der Waals surface area contributed by atoms with E-state index in [4.69, 9.17) is 11.6 Å². The Labute approximate surface area is 81.2 Å². The fourth-order valence-corrected chi connectivity index (χ4v) is 1.04. The number of hydrogen-bond acceptors (Lipinski definition) is 4. The van der Waals surface area contributed by atoms with Crippen molar-refractivity contribution in [3.8, 4) is 0 Å². The Morgan fingerprint density at radius 1 is 1.54 bits per heavy atom. The van der Waals surface area contributed by atoms with E-state index in [9.17, 15) is 10.2 Å². The predicted octanol–water partition coefficient (Wildman–Crippen LogP) is 0.418. The van der Waals surface area contributed by atoms with Crippen molar-refractivity contribution in [3.05, 3.63) is 23.8 Å². The number of nitrogens with zero attached hydrogens (tertiary/aromatic N) is 2. The lowest BCUT2D eigenvalue weighted by Gasteiger charge is -2.13. The Balaban J connectivity index is 2.82. The Bertz CT molecular complexity index is 283. The van der Waals surface area contributed by atoms with E-state index in [1.165, 1.54) is 6.20 Å². The van der Waals surface area contributed by atoms with E-state index in [-0.39, 0.29) is 11.7 Å². The lowest BCUT2D eigenvalue weighted by Crippen LogP contribution is -2.21. The van der Waals surface area contributed by atoms with Gasteiger partial charge in [-0.25, -0.2) is 9.97 Å². The highest BCUT2D eigenvalue weighted by molar-refractivity contribution is 6.18. The minimum Gasteiger partial charge on any atom is -0.389 e. The van der Waals surface area contributed by atoms with Crippen LogP contribution in [0.15, 0.2) is 12.3 Å². The molecule has 1 rings (SSSR count). The van der Waals surface area contributed by atoms with Crippen LogP contribution < -0.4 is 0 Å². The molecular formula is C8H11ClN2O2. The maximum atomic E-state index is 9.45. The Kier molecular flexibility index (Phi) is 3.59. The molecule has 2 atom stereocenters. The van der Waals surface area contributed by atoms with E-state index in [0.717, 1.165) is 5.69 Å². The Hall–Kier alpha value is -0.710. The van der Waals surface area contributed by atoms with Gasteiger partial charge in [0.25, 0.3) is 0 Å². The fourth-order valence-electron chi connectivity index (χ4n) is 0.867. The number of aryl methyl sites for hydroxylation is 1. The van der Waals surface area contributed by atoms with Crippen LogP contribution in [0.5, 0.6) is 0 Å². The van der Waals surface area contributed by atoms with Crippen molar-refractivity contribution in [1.82, 2.24) is 9.97 Å². The van der Waals surface area contributed by atoms with Gasteiger partial charge in [-0.2, -0.15) is 0 Å². The summed E-state index contributed by atoms with van der Waals surface area (Å²) in [6.07, 6.45) is -0.608. The zero-order valence-electron chi connectivity index (χ0n) is 7.18. The maximum absolute atomic E-state index is 9.45. The van der Waals surface area contributed by atoms with Gasteiger partial charge in [-0.3, -0.25) is 0 Å². The van der Waals surface area contributed by atoms with E-state index in [1.807, 2.05) is 0 Å². The molecule has 2 N–H and O–H groups in total. The predicted molar refractivity (Wildman–Crippen MR) is 48.5 cm³/mol. The van der Waals surface area contributed by atoms with Crippen molar-refractivity contribution in [2.24, 2.45) is 0 Å². The molecule has 0 radical (unpaired) electrons. The number of aliphatic hydroxyl groups is 2. The number of aromatic nitrogens is 2. The largest absolute Gasteiger partial charge is 0.389 e. The SMILES string of the molecule is Cc1ccnc(C(O)C(O)CCl)n1. The quantitative estimate of drug-likeness (QED) is 0.698. The molecule has 2 unspecified atom stereocenters. The number of aliphatic hydroxyl groups excluding tert-OH is 2. The van der Waals surface area contributed by atoms with Gasteiger partial charge in [0.05, 0.1) is 5.88 Å². The Morgan fingerprint density at radius 2 is 2.23 bits per heavy atom. The number of alkyl halides is 1. The third kappa shape index (κ3) is 2.62. The van der Waals surface area contributed by atoms with Gasteiger partial charge >= 0.3 is 0 Å². The molecule has 0 aliphatic rings. The van der Waals surface area contributed by atoms with Crippen LogP contribution in [0.3, 0.4) is 0 Å². The minimum atomic E-state index is -1.11. The number of halogens is 1. The molecule has 4 nitrogen and oxygen atoms in total. The van der Waals surface area contributed by atoms with Crippen LogP contribution >= 0.6 is 11.6 Å². The first-order valence-electron chi connectivity index (χ1n) is 3.86. The summed E-state index contributed by atoms with van der Waals surface area (Å²) in [7, 11) is 0. The van der Waals surface area contributed by atoms with Crippen molar-refractivity contribution in [2.75, 3.05) is 5.88 Å². The summed E-state index contributed by atoms with van der Waals surface area (Å²) in [4.78, 5) is 7.79. The summed E-state index contributed by atoms with van der Waals surface area (Å²) in [6.45, 7) is 1.78. The third-order valence-corrected chi connectivity index (χ3v) is 1.92.